The minimum atomic E-state index is 0.0653. The molecule has 96 valence electrons. The van der Waals surface area contributed by atoms with Crippen molar-refractivity contribution in [3.63, 3.8) is 0 Å². The van der Waals surface area contributed by atoms with Crippen LogP contribution in [-0.4, -0.2) is 25.8 Å². The van der Waals surface area contributed by atoms with Crippen LogP contribution in [0.3, 0.4) is 0 Å². The highest BCUT2D eigenvalue weighted by Crippen LogP contribution is 2.59. The van der Waals surface area contributed by atoms with Gasteiger partial charge in [-0.1, -0.05) is 0 Å². The lowest BCUT2D eigenvalue weighted by Crippen LogP contribution is -2.41. The van der Waals surface area contributed by atoms with E-state index in [2.05, 4.69) is 0 Å². The molecule has 3 heteroatoms. The number of ketones is 1. The number of rotatable bonds is 3. The van der Waals surface area contributed by atoms with Crippen molar-refractivity contribution in [2.75, 3.05) is 13.9 Å². The monoisotopic (exact) mass is 238 g/mol. The molecule has 0 aliphatic heterocycles. The molecule has 3 fully saturated rings. The van der Waals surface area contributed by atoms with E-state index in [1.807, 2.05) is 0 Å². The van der Waals surface area contributed by atoms with Crippen molar-refractivity contribution >= 4 is 5.78 Å². The summed E-state index contributed by atoms with van der Waals surface area (Å²) in [5.41, 5.74) is 0.0653. The number of methoxy groups -OCH3 is 1. The minimum Gasteiger partial charge on any atom is -0.359 e. The molecule has 4 atom stereocenters. The normalized spacial score (nSPS) is 44.8. The second-order valence-corrected chi connectivity index (χ2v) is 6.02. The van der Waals surface area contributed by atoms with Gasteiger partial charge in [0.15, 0.2) is 0 Å². The maximum atomic E-state index is 12.3. The van der Waals surface area contributed by atoms with Crippen molar-refractivity contribution in [1.82, 2.24) is 0 Å². The fraction of sp³-hybridized carbons (Fsp3) is 0.929. The number of ether oxygens (including phenoxy) is 2. The Morgan fingerprint density at radius 3 is 3.12 bits per heavy atom. The molecular weight excluding hydrogens is 216 g/mol. The summed E-state index contributed by atoms with van der Waals surface area (Å²) in [6, 6.07) is 0. The molecule has 0 aromatic carbocycles. The van der Waals surface area contributed by atoms with Crippen molar-refractivity contribution in [3.05, 3.63) is 0 Å². The van der Waals surface area contributed by atoms with Gasteiger partial charge in [0.25, 0.3) is 0 Å². The van der Waals surface area contributed by atoms with E-state index in [0.29, 0.717) is 30.5 Å². The first-order chi connectivity index (χ1) is 8.26. The first-order valence-electron chi connectivity index (χ1n) is 6.90. The lowest BCUT2D eigenvalue weighted by Gasteiger charge is -2.41. The van der Waals surface area contributed by atoms with Crippen LogP contribution >= 0.6 is 0 Å². The van der Waals surface area contributed by atoms with Crippen LogP contribution < -0.4 is 0 Å². The summed E-state index contributed by atoms with van der Waals surface area (Å²) in [7, 11) is 1.67. The lowest BCUT2D eigenvalue weighted by atomic mass is 9.63. The SMILES string of the molecule is COCO[C@@H]1CC[C@]23C[C@H]1C[C@@H]2CCCC3=O. The zero-order chi connectivity index (χ0) is 11.9. The number of hydrogen-bond donors (Lipinski definition) is 0. The molecule has 0 heterocycles. The fourth-order valence-corrected chi connectivity index (χ4v) is 4.54. The molecule has 2 bridgehead atoms. The molecule has 3 saturated carbocycles. The quantitative estimate of drug-likeness (QED) is 0.709. The summed E-state index contributed by atoms with van der Waals surface area (Å²) in [5, 5.41) is 0. The molecule has 3 aliphatic carbocycles. The molecule has 0 amide bonds. The van der Waals surface area contributed by atoms with Crippen LogP contribution in [0.1, 0.15) is 44.9 Å². The topological polar surface area (TPSA) is 35.5 Å². The smallest absolute Gasteiger partial charge is 0.146 e. The van der Waals surface area contributed by atoms with E-state index in [9.17, 15) is 4.79 Å². The maximum Gasteiger partial charge on any atom is 0.146 e. The van der Waals surface area contributed by atoms with E-state index in [4.69, 9.17) is 9.47 Å². The highest BCUT2D eigenvalue weighted by molar-refractivity contribution is 5.86. The summed E-state index contributed by atoms with van der Waals surface area (Å²) in [6.07, 6.45) is 7.94. The van der Waals surface area contributed by atoms with Gasteiger partial charge in [-0.25, -0.2) is 0 Å². The lowest BCUT2D eigenvalue weighted by molar-refractivity contribution is -0.139. The van der Waals surface area contributed by atoms with Crippen LogP contribution in [-0.2, 0) is 14.3 Å². The Morgan fingerprint density at radius 1 is 1.41 bits per heavy atom. The van der Waals surface area contributed by atoms with E-state index in [1.54, 1.807) is 7.11 Å². The second-order valence-electron chi connectivity index (χ2n) is 6.02. The largest absolute Gasteiger partial charge is 0.359 e. The Hall–Kier alpha value is -0.410. The molecule has 0 unspecified atom stereocenters. The van der Waals surface area contributed by atoms with Gasteiger partial charge in [-0.15, -0.1) is 0 Å². The number of Topliss-reactive ketones (excluding diaryl/α,β-unsaturated/α-hetero) is 1. The van der Waals surface area contributed by atoms with Crippen LogP contribution in [0.15, 0.2) is 0 Å². The van der Waals surface area contributed by atoms with Crippen molar-refractivity contribution in [2.24, 2.45) is 17.3 Å². The molecule has 0 aromatic heterocycles. The van der Waals surface area contributed by atoms with Crippen molar-refractivity contribution in [3.8, 4) is 0 Å². The van der Waals surface area contributed by atoms with Gasteiger partial charge >= 0.3 is 0 Å². The predicted octanol–water partition coefficient (Wildman–Crippen LogP) is 2.53. The van der Waals surface area contributed by atoms with Crippen LogP contribution in [0.25, 0.3) is 0 Å². The van der Waals surface area contributed by atoms with Gasteiger partial charge in [0.2, 0.25) is 0 Å². The number of hydrogen-bond acceptors (Lipinski definition) is 3. The minimum absolute atomic E-state index is 0.0653. The number of carbonyl (C=O) groups excluding carboxylic acids is 1. The molecule has 3 nitrogen and oxygen atoms in total. The highest BCUT2D eigenvalue weighted by Gasteiger charge is 2.57. The zero-order valence-corrected chi connectivity index (χ0v) is 10.6. The average molecular weight is 238 g/mol. The van der Waals surface area contributed by atoms with Gasteiger partial charge in [0, 0.05) is 18.9 Å². The summed E-state index contributed by atoms with van der Waals surface area (Å²) in [6.45, 7) is 0.396. The van der Waals surface area contributed by atoms with Crippen LogP contribution in [0.5, 0.6) is 0 Å². The third-order valence-electron chi connectivity index (χ3n) is 5.31. The first kappa shape index (κ1) is 11.7. The predicted molar refractivity (Wildman–Crippen MR) is 63.5 cm³/mol. The van der Waals surface area contributed by atoms with E-state index in [1.165, 1.54) is 12.8 Å². The van der Waals surface area contributed by atoms with Gasteiger partial charge in [0.05, 0.1) is 6.10 Å². The Kier molecular flexibility index (Phi) is 2.99. The van der Waals surface area contributed by atoms with Gasteiger partial charge in [-0.05, 0) is 50.4 Å². The number of fused-ring (bicyclic) bond motifs is 1. The van der Waals surface area contributed by atoms with E-state index >= 15 is 0 Å². The Morgan fingerprint density at radius 2 is 2.29 bits per heavy atom. The summed E-state index contributed by atoms with van der Waals surface area (Å²) in [5.74, 6) is 1.82. The van der Waals surface area contributed by atoms with Crippen molar-refractivity contribution in [1.29, 1.82) is 0 Å². The van der Waals surface area contributed by atoms with Crippen LogP contribution in [0.4, 0.5) is 0 Å². The summed E-state index contributed by atoms with van der Waals surface area (Å²) >= 11 is 0. The third-order valence-corrected chi connectivity index (χ3v) is 5.31. The molecule has 17 heavy (non-hydrogen) atoms. The Balaban J connectivity index is 1.74. The molecule has 0 radical (unpaired) electrons. The molecule has 0 saturated heterocycles. The van der Waals surface area contributed by atoms with Gasteiger partial charge in [-0.3, -0.25) is 4.79 Å². The van der Waals surface area contributed by atoms with E-state index < -0.39 is 0 Å². The maximum absolute atomic E-state index is 12.3. The molecule has 3 rings (SSSR count). The standard InChI is InChI=1S/C14H22O3/c1-16-9-17-12-5-6-14-8-10(12)7-11(14)3-2-4-13(14)15/h10-12H,2-9H2,1H3/t10-,11+,12-,14+/m1/s1. The molecule has 0 aromatic rings. The highest BCUT2D eigenvalue weighted by atomic mass is 16.7. The Labute approximate surface area is 103 Å². The average Bonchev–Trinajstić information content (AvgIpc) is 2.64. The number of carbonyl (C=O) groups is 1. The van der Waals surface area contributed by atoms with Gasteiger partial charge in [0.1, 0.15) is 12.6 Å². The van der Waals surface area contributed by atoms with Crippen molar-refractivity contribution in [2.45, 2.75) is 51.0 Å². The van der Waals surface area contributed by atoms with Crippen LogP contribution in [0, 0.1) is 17.3 Å². The van der Waals surface area contributed by atoms with Gasteiger partial charge < -0.3 is 9.47 Å². The van der Waals surface area contributed by atoms with Gasteiger partial charge in [-0.2, -0.15) is 0 Å². The fourth-order valence-electron chi connectivity index (χ4n) is 4.54. The van der Waals surface area contributed by atoms with E-state index in [0.717, 1.165) is 32.1 Å². The summed E-state index contributed by atoms with van der Waals surface area (Å²) < 4.78 is 10.8. The summed E-state index contributed by atoms with van der Waals surface area (Å²) in [4.78, 5) is 12.3. The molecular formula is C14H22O3. The molecule has 1 spiro atoms. The first-order valence-corrected chi connectivity index (χ1v) is 6.90. The van der Waals surface area contributed by atoms with E-state index in [-0.39, 0.29) is 5.41 Å². The zero-order valence-electron chi connectivity index (χ0n) is 10.6. The third kappa shape index (κ3) is 1.75. The van der Waals surface area contributed by atoms with Crippen LogP contribution in [0.2, 0.25) is 0 Å². The Bertz CT molecular complexity index is 315. The molecule has 0 N–H and O–H groups in total. The molecule has 3 aliphatic rings. The second kappa shape index (κ2) is 4.36. The van der Waals surface area contributed by atoms with Crippen molar-refractivity contribution < 1.29 is 14.3 Å².